The minimum absolute atomic E-state index is 0.00833. The van der Waals surface area contributed by atoms with Crippen LogP contribution in [0.1, 0.15) is 25.8 Å². The molecule has 0 heterocycles. The first-order valence-electron chi connectivity index (χ1n) is 4.65. The highest BCUT2D eigenvalue weighted by molar-refractivity contribution is 6.30. The first-order chi connectivity index (χ1) is 6.98. The summed E-state index contributed by atoms with van der Waals surface area (Å²) in [5, 5.41) is 9.75. The molecule has 0 aliphatic rings. The van der Waals surface area contributed by atoms with E-state index in [1.54, 1.807) is 31.2 Å². The molecule has 0 saturated carbocycles. The van der Waals surface area contributed by atoms with E-state index >= 15 is 0 Å². The van der Waals surface area contributed by atoms with Crippen LogP contribution >= 0.6 is 11.6 Å². The van der Waals surface area contributed by atoms with E-state index < -0.39 is 5.41 Å². The highest BCUT2D eigenvalue weighted by Gasteiger charge is 2.27. The van der Waals surface area contributed by atoms with Crippen LogP contribution in [0.5, 0.6) is 0 Å². The molecule has 2 nitrogen and oxygen atoms in total. The summed E-state index contributed by atoms with van der Waals surface area (Å²) in [5.41, 5.74) is 0.0702. The number of nitrogens with zero attached hydrogens (tertiary/aromatic N) is 1. The van der Waals surface area contributed by atoms with Crippen molar-refractivity contribution in [2.24, 2.45) is 0 Å². The Morgan fingerprint density at radius 2 is 2.00 bits per heavy atom. The molecule has 78 valence electrons. The van der Waals surface area contributed by atoms with Crippen LogP contribution in [-0.4, -0.2) is 5.78 Å². The average molecular weight is 222 g/mol. The Hall–Kier alpha value is -1.33. The van der Waals surface area contributed by atoms with E-state index in [0.29, 0.717) is 5.02 Å². The van der Waals surface area contributed by atoms with Gasteiger partial charge < -0.3 is 0 Å². The quantitative estimate of drug-likeness (QED) is 0.787. The molecule has 1 aromatic carbocycles. The summed E-state index contributed by atoms with van der Waals surface area (Å²) >= 11 is 5.76. The summed E-state index contributed by atoms with van der Waals surface area (Å²) in [4.78, 5) is 11.1. The molecular weight excluding hydrogens is 210 g/mol. The maximum absolute atomic E-state index is 11.1. The molecule has 0 aromatic heterocycles. The monoisotopic (exact) mass is 221 g/mol. The van der Waals surface area contributed by atoms with Gasteiger partial charge in [-0.3, -0.25) is 4.79 Å². The maximum atomic E-state index is 11.1. The van der Waals surface area contributed by atoms with Crippen molar-refractivity contribution in [3.05, 3.63) is 34.9 Å². The second kappa shape index (κ2) is 4.46. The predicted molar refractivity (Wildman–Crippen MR) is 59.7 cm³/mol. The Bertz CT molecular complexity index is 405. The van der Waals surface area contributed by atoms with Gasteiger partial charge in [-0.2, -0.15) is 5.26 Å². The van der Waals surface area contributed by atoms with Gasteiger partial charge in [-0.05, 0) is 31.5 Å². The van der Waals surface area contributed by atoms with E-state index in [2.05, 4.69) is 6.07 Å². The molecular formula is C12H12ClNO. The van der Waals surface area contributed by atoms with Crippen molar-refractivity contribution in [1.82, 2.24) is 0 Å². The molecule has 0 aliphatic carbocycles. The Kier molecular flexibility index (Phi) is 3.49. The molecule has 0 spiro atoms. The minimum Gasteiger partial charge on any atom is -0.300 e. The van der Waals surface area contributed by atoms with Crippen LogP contribution in [0.2, 0.25) is 5.02 Å². The first-order valence-corrected chi connectivity index (χ1v) is 5.02. The van der Waals surface area contributed by atoms with Gasteiger partial charge in [-0.1, -0.05) is 23.7 Å². The third-order valence-corrected chi connectivity index (χ3v) is 2.58. The number of carbonyl (C=O) groups is 1. The largest absolute Gasteiger partial charge is 0.300 e. The van der Waals surface area contributed by atoms with Gasteiger partial charge in [0.15, 0.2) is 0 Å². The number of halogens is 1. The molecule has 1 aromatic rings. The molecule has 1 unspecified atom stereocenters. The van der Waals surface area contributed by atoms with Crippen molar-refractivity contribution in [3.63, 3.8) is 0 Å². The lowest BCUT2D eigenvalue weighted by Gasteiger charge is -2.20. The van der Waals surface area contributed by atoms with Crippen LogP contribution in [0.25, 0.3) is 0 Å². The average Bonchev–Trinajstić information content (AvgIpc) is 2.17. The van der Waals surface area contributed by atoms with Crippen molar-refractivity contribution >= 4 is 17.4 Å². The lowest BCUT2D eigenvalue weighted by atomic mass is 9.80. The summed E-state index contributed by atoms with van der Waals surface area (Å²) in [6.45, 7) is 3.25. The molecule has 15 heavy (non-hydrogen) atoms. The Morgan fingerprint density at radius 1 is 1.47 bits per heavy atom. The molecule has 0 amide bonds. The van der Waals surface area contributed by atoms with E-state index in [0.717, 1.165) is 5.56 Å². The van der Waals surface area contributed by atoms with Crippen LogP contribution in [-0.2, 0) is 10.2 Å². The number of hydrogen-bond acceptors (Lipinski definition) is 2. The molecule has 0 bridgehead atoms. The molecule has 0 radical (unpaired) electrons. The van der Waals surface area contributed by atoms with Crippen LogP contribution in [0.15, 0.2) is 24.3 Å². The zero-order chi connectivity index (χ0) is 11.5. The predicted octanol–water partition coefficient (Wildman–Crippen LogP) is 3.10. The van der Waals surface area contributed by atoms with Crippen molar-refractivity contribution in [2.75, 3.05) is 0 Å². The van der Waals surface area contributed by atoms with E-state index in [4.69, 9.17) is 16.9 Å². The van der Waals surface area contributed by atoms with Crippen molar-refractivity contribution in [1.29, 1.82) is 5.26 Å². The standard InChI is InChI=1S/C12H12ClNO/c1-9(15)7-12(2,8-14)10-3-5-11(13)6-4-10/h3-6H,7H2,1-2H3. The number of nitriles is 1. The normalized spacial score (nSPS) is 14.0. The summed E-state index contributed by atoms with van der Waals surface area (Å²) in [5.74, 6) is 0.00833. The lowest BCUT2D eigenvalue weighted by Crippen LogP contribution is -2.22. The van der Waals surface area contributed by atoms with Crippen LogP contribution in [0.4, 0.5) is 0 Å². The highest BCUT2D eigenvalue weighted by Crippen LogP contribution is 2.28. The second-order valence-corrected chi connectivity index (χ2v) is 4.27. The third-order valence-electron chi connectivity index (χ3n) is 2.33. The van der Waals surface area contributed by atoms with Gasteiger partial charge in [0.1, 0.15) is 5.78 Å². The third kappa shape index (κ3) is 2.81. The molecule has 0 aliphatic heterocycles. The fourth-order valence-corrected chi connectivity index (χ4v) is 1.65. The number of ketones is 1. The highest BCUT2D eigenvalue weighted by atomic mass is 35.5. The number of hydrogen-bond donors (Lipinski definition) is 0. The van der Waals surface area contributed by atoms with Crippen LogP contribution in [0, 0.1) is 11.3 Å². The van der Waals surface area contributed by atoms with Gasteiger partial charge in [0.05, 0.1) is 11.5 Å². The first kappa shape index (κ1) is 11.7. The summed E-state index contributed by atoms with van der Waals surface area (Å²) in [6.07, 6.45) is 0.227. The van der Waals surface area contributed by atoms with Gasteiger partial charge in [-0.15, -0.1) is 0 Å². The molecule has 1 rings (SSSR count). The number of Topliss-reactive ketones (excluding diaryl/α,β-unsaturated/α-hetero) is 1. The van der Waals surface area contributed by atoms with Gasteiger partial charge in [0.25, 0.3) is 0 Å². The number of benzene rings is 1. The number of carbonyl (C=O) groups excluding carboxylic acids is 1. The zero-order valence-electron chi connectivity index (χ0n) is 8.75. The van der Waals surface area contributed by atoms with Crippen LogP contribution < -0.4 is 0 Å². The van der Waals surface area contributed by atoms with Gasteiger partial charge >= 0.3 is 0 Å². The Labute approximate surface area is 94.5 Å². The molecule has 1 atom stereocenters. The van der Waals surface area contributed by atoms with Crippen LogP contribution in [0.3, 0.4) is 0 Å². The van der Waals surface area contributed by atoms with Gasteiger partial charge in [-0.25, -0.2) is 0 Å². The fourth-order valence-electron chi connectivity index (χ4n) is 1.52. The Balaban J connectivity index is 3.07. The second-order valence-electron chi connectivity index (χ2n) is 3.83. The zero-order valence-corrected chi connectivity index (χ0v) is 9.51. The lowest BCUT2D eigenvalue weighted by molar-refractivity contribution is -0.117. The summed E-state index contributed by atoms with van der Waals surface area (Å²) in [7, 11) is 0. The molecule has 0 fully saturated rings. The SMILES string of the molecule is CC(=O)CC(C)(C#N)c1ccc(Cl)cc1. The van der Waals surface area contributed by atoms with E-state index in [-0.39, 0.29) is 12.2 Å². The summed E-state index contributed by atoms with van der Waals surface area (Å²) in [6, 6.07) is 9.21. The molecule has 3 heteroatoms. The van der Waals surface area contributed by atoms with E-state index in [1.807, 2.05) is 0 Å². The van der Waals surface area contributed by atoms with Gasteiger partial charge in [0, 0.05) is 11.4 Å². The smallest absolute Gasteiger partial charge is 0.131 e. The minimum atomic E-state index is -0.754. The van der Waals surface area contributed by atoms with E-state index in [9.17, 15) is 4.79 Å². The van der Waals surface area contributed by atoms with Crippen molar-refractivity contribution in [3.8, 4) is 6.07 Å². The maximum Gasteiger partial charge on any atom is 0.131 e. The topological polar surface area (TPSA) is 40.9 Å². The fraction of sp³-hybridized carbons (Fsp3) is 0.333. The molecule has 0 N–H and O–H groups in total. The summed E-state index contributed by atoms with van der Waals surface area (Å²) < 4.78 is 0. The van der Waals surface area contributed by atoms with Crippen molar-refractivity contribution < 1.29 is 4.79 Å². The number of rotatable bonds is 3. The Morgan fingerprint density at radius 3 is 2.40 bits per heavy atom. The van der Waals surface area contributed by atoms with E-state index in [1.165, 1.54) is 6.92 Å². The van der Waals surface area contributed by atoms with Crippen molar-refractivity contribution in [2.45, 2.75) is 25.7 Å². The molecule has 0 saturated heterocycles. The van der Waals surface area contributed by atoms with Gasteiger partial charge in [0.2, 0.25) is 0 Å².